The highest BCUT2D eigenvalue weighted by molar-refractivity contribution is 7.32. The molecule has 0 bridgehead atoms. The van der Waals surface area contributed by atoms with Crippen LogP contribution in [0.5, 0.6) is 0 Å². The van der Waals surface area contributed by atoms with E-state index in [0.29, 0.717) is 13.2 Å². The Kier molecular flexibility index (Phi) is 8.37. The first-order valence-corrected chi connectivity index (χ1v) is 19.7. The molecule has 0 amide bonds. The van der Waals surface area contributed by atoms with E-state index < -0.39 is 16.5 Å². The SMILES string of the molecule is c1ccc2c(c1)ccc1op(OCCOCCOp3oc4ccc5ccccc5c4c4c(ccc5ccccc54)o3)oc3ccc4ccccc4c3c12. The summed E-state index contributed by atoms with van der Waals surface area (Å²) in [5.41, 5.74) is 2.92. The smallest absolute Gasteiger partial charge is 0.387 e. The molecule has 0 aliphatic carbocycles. The molecule has 7 nitrogen and oxygen atoms in total. The van der Waals surface area contributed by atoms with Gasteiger partial charge in [-0.05, 0) is 67.4 Å². The molecule has 10 aromatic rings. The lowest BCUT2D eigenvalue weighted by Crippen LogP contribution is -2.10. The highest BCUT2D eigenvalue weighted by Crippen LogP contribution is 2.42. The Hall–Kier alpha value is -5.52. The second-order valence-electron chi connectivity index (χ2n) is 12.7. The fourth-order valence-corrected chi connectivity index (χ4v) is 9.23. The van der Waals surface area contributed by atoms with Crippen LogP contribution in [0, 0.1) is 0 Å². The van der Waals surface area contributed by atoms with Crippen molar-refractivity contribution in [1.29, 1.82) is 0 Å². The van der Waals surface area contributed by atoms with Gasteiger partial charge in [0.1, 0.15) is 22.3 Å². The molecule has 0 saturated carbocycles. The predicted molar refractivity (Wildman–Crippen MR) is 216 cm³/mol. The van der Waals surface area contributed by atoms with Crippen LogP contribution in [-0.4, -0.2) is 26.4 Å². The topological polar surface area (TPSA) is 80.2 Å². The van der Waals surface area contributed by atoms with Crippen molar-refractivity contribution >= 4 is 103 Å². The van der Waals surface area contributed by atoms with Gasteiger partial charge in [0.15, 0.2) is 0 Å². The van der Waals surface area contributed by atoms with E-state index in [2.05, 4.69) is 97.1 Å². The third-order valence-corrected chi connectivity index (χ3v) is 11.8. The molecule has 260 valence electrons. The molecule has 0 aliphatic heterocycles. The highest BCUT2D eigenvalue weighted by Gasteiger charge is 2.15. The van der Waals surface area contributed by atoms with Crippen LogP contribution in [0.3, 0.4) is 0 Å². The number of ether oxygens (including phenoxy) is 1. The Morgan fingerprint density at radius 3 is 0.906 bits per heavy atom. The fourth-order valence-electron chi connectivity index (χ4n) is 7.25. The molecule has 0 radical (unpaired) electrons. The van der Waals surface area contributed by atoms with Crippen LogP contribution in [-0.2, 0) is 4.74 Å². The lowest BCUT2D eigenvalue weighted by atomic mass is 9.99. The summed E-state index contributed by atoms with van der Waals surface area (Å²) in [6.07, 6.45) is 0. The second-order valence-corrected chi connectivity index (χ2v) is 14.9. The van der Waals surface area contributed by atoms with Crippen LogP contribution in [0.15, 0.2) is 162 Å². The molecule has 0 saturated heterocycles. The van der Waals surface area contributed by atoms with Crippen LogP contribution in [0.25, 0.3) is 87.0 Å². The summed E-state index contributed by atoms with van der Waals surface area (Å²) >= 11 is 0. The molecule has 2 aromatic heterocycles. The van der Waals surface area contributed by atoms with Crippen molar-refractivity contribution < 1.29 is 30.6 Å². The van der Waals surface area contributed by atoms with E-state index in [1.807, 2.05) is 48.5 Å². The summed E-state index contributed by atoms with van der Waals surface area (Å²) < 4.78 is 44.0. The maximum atomic E-state index is 6.44. The Balaban J connectivity index is 0.893. The summed E-state index contributed by atoms with van der Waals surface area (Å²) in [6.45, 7) is 1.21. The standard InChI is InChI=1S/C44H32O7P2/c1-5-13-33-29(9-1)17-21-37-41(33)42-34-14-6-2-10-30(34)18-22-38(42)49-52(48-37)46-27-25-45-26-28-47-53-50-39-23-19-31-11-3-7-15-35(31)43(39)44-36-16-8-4-12-32(36)20-24-40(44)51-53/h1-24H,25-28H2. The van der Waals surface area contributed by atoms with Crippen LogP contribution < -0.4 is 9.05 Å². The first-order chi connectivity index (χ1) is 26.3. The van der Waals surface area contributed by atoms with Crippen molar-refractivity contribution in [3.8, 4) is 0 Å². The van der Waals surface area contributed by atoms with Gasteiger partial charge in [0, 0.05) is 21.5 Å². The molecule has 10 rings (SSSR count). The van der Waals surface area contributed by atoms with Gasteiger partial charge in [-0.25, -0.2) is 0 Å². The van der Waals surface area contributed by atoms with Crippen molar-refractivity contribution in [3.63, 3.8) is 0 Å². The molecular weight excluding hydrogens is 702 g/mol. The van der Waals surface area contributed by atoms with Crippen LogP contribution in [0.1, 0.15) is 0 Å². The average Bonchev–Trinajstić information content (AvgIpc) is 3.48. The van der Waals surface area contributed by atoms with Gasteiger partial charge in [0.25, 0.3) is 0 Å². The fraction of sp³-hybridized carbons (Fsp3) is 0.0909. The van der Waals surface area contributed by atoms with E-state index in [0.717, 1.165) is 87.0 Å². The molecule has 0 atom stereocenters. The molecule has 2 heterocycles. The number of hydrogen-bond acceptors (Lipinski definition) is 7. The minimum atomic E-state index is -1.74. The predicted octanol–water partition coefficient (Wildman–Crippen LogP) is 13.1. The molecule has 0 fully saturated rings. The first-order valence-electron chi connectivity index (χ1n) is 17.5. The van der Waals surface area contributed by atoms with E-state index in [1.165, 1.54) is 0 Å². The molecule has 8 aromatic carbocycles. The first kappa shape index (κ1) is 32.2. The van der Waals surface area contributed by atoms with Gasteiger partial charge in [0.2, 0.25) is 0 Å². The molecule has 9 heteroatoms. The maximum absolute atomic E-state index is 6.44. The zero-order chi connectivity index (χ0) is 35.1. The molecule has 0 spiro atoms. The van der Waals surface area contributed by atoms with Gasteiger partial charge in [-0.15, -0.1) is 0 Å². The van der Waals surface area contributed by atoms with Gasteiger partial charge in [-0.3, -0.25) is 9.05 Å². The van der Waals surface area contributed by atoms with Gasteiger partial charge in [0.05, 0.1) is 26.4 Å². The lowest BCUT2D eigenvalue weighted by Gasteiger charge is -2.05. The molecule has 0 unspecified atom stereocenters. The summed E-state index contributed by atoms with van der Waals surface area (Å²) in [5, 5.41) is 13.0. The van der Waals surface area contributed by atoms with Crippen LogP contribution in [0.2, 0.25) is 0 Å². The maximum Gasteiger partial charge on any atom is 0.387 e. The van der Waals surface area contributed by atoms with Crippen LogP contribution >= 0.6 is 16.5 Å². The molecule has 0 aliphatic rings. The zero-order valence-electron chi connectivity index (χ0n) is 28.4. The number of hydrogen-bond donors (Lipinski definition) is 0. The van der Waals surface area contributed by atoms with E-state index >= 15 is 0 Å². The summed E-state index contributed by atoms with van der Waals surface area (Å²) in [4.78, 5) is 0. The minimum Gasteiger partial charge on any atom is -0.399 e. The third kappa shape index (κ3) is 5.93. The summed E-state index contributed by atoms with van der Waals surface area (Å²) in [7, 11) is -3.49. The van der Waals surface area contributed by atoms with E-state index in [4.69, 9.17) is 30.6 Å². The van der Waals surface area contributed by atoms with Crippen molar-refractivity contribution in [3.05, 3.63) is 146 Å². The highest BCUT2D eigenvalue weighted by atomic mass is 31.1. The number of rotatable bonds is 8. The van der Waals surface area contributed by atoms with E-state index in [-0.39, 0.29) is 13.2 Å². The largest absolute Gasteiger partial charge is 0.399 e. The Morgan fingerprint density at radius 1 is 0.321 bits per heavy atom. The van der Waals surface area contributed by atoms with Crippen molar-refractivity contribution in [2.45, 2.75) is 0 Å². The minimum absolute atomic E-state index is 0.278. The van der Waals surface area contributed by atoms with Crippen molar-refractivity contribution in [2.75, 3.05) is 26.4 Å². The quantitative estimate of drug-likeness (QED) is 0.144. The third-order valence-electron chi connectivity index (χ3n) is 9.60. The number of benzene rings is 8. The summed E-state index contributed by atoms with van der Waals surface area (Å²) in [5.74, 6) is 0. The number of fused-ring (bicyclic) bond motifs is 14. The Labute approximate surface area is 305 Å². The Bertz CT molecular complexity index is 2670. The lowest BCUT2D eigenvalue weighted by molar-refractivity contribution is 0.0927. The normalized spacial score (nSPS) is 11.9. The monoisotopic (exact) mass is 734 g/mol. The average molecular weight is 735 g/mol. The van der Waals surface area contributed by atoms with Crippen LogP contribution in [0.4, 0.5) is 0 Å². The van der Waals surface area contributed by atoms with Crippen molar-refractivity contribution in [2.24, 2.45) is 0 Å². The molecule has 53 heavy (non-hydrogen) atoms. The zero-order valence-corrected chi connectivity index (χ0v) is 30.2. The van der Waals surface area contributed by atoms with Gasteiger partial charge in [-0.1, -0.05) is 121 Å². The van der Waals surface area contributed by atoms with E-state index in [1.54, 1.807) is 0 Å². The second kappa shape index (κ2) is 13.8. The van der Waals surface area contributed by atoms with E-state index in [9.17, 15) is 0 Å². The molecule has 0 N–H and O–H groups in total. The molecular formula is C44H32O7P2. The van der Waals surface area contributed by atoms with Gasteiger partial charge in [-0.2, -0.15) is 0 Å². The Morgan fingerprint density at radius 2 is 0.604 bits per heavy atom. The summed E-state index contributed by atoms with van der Waals surface area (Å²) in [6, 6.07) is 49.7. The van der Waals surface area contributed by atoms with Crippen molar-refractivity contribution in [1.82, 2.24) is 0 Å². The van der Waals surface area contributed by atoms with Gasteiger partial charge >= 0.3 is 16.5 Å². The van der Waals surface area contributed by atoms with Gasteiger partial charge < -0.3 is 21.5 Å².